The zero-order valence-corrected chi connectivity index (χ0v) is 18.6. The number of thiazole rings is 1. The van der Waals surface area contributed by atoms with Crippen molar-refractivity contribution in [2.75, 3.05) is 48.4 Å². The molecule has 4 heterocycles. The molecule has 0 bridgehead atoms. The summed E-state index contributed by atoms with van der Waals surface area (Å²) in [4.78, 5) is 25.9. The Kier molecular flexibility index (Phi) is 5.50. The number of ether oxygens (including phenoxy) is 1. The molecule has 2 aliphatic rings. The lowest BCUT2D eigenvalue weighted by Gasteiger charge is -2.31. The third-order valence-corrected chi connectivity index (χ3v) is 6.58. The number of carbonyl (C=O) groups is 1. The molecule has 0 radical (unpaired) electrons. The second-order valence-corrected chi connectivity index (χ2v) is 8.46. The summed E-state index contributed by atoms with van der Waals surface area (Å²) in [5.74, 6) is 0.657. The van der Waals surface area contributed by atoms with Crippen LogP contribution < -0.4 is 25.2 Å². The summed E-state index contributed by atoms with van der Waals surface area (Å²) in [6, 6.07) is 7.55. The molecule has 0 atom stereocenters. The van der Waals surface area contributed by atoms with Gasteiger partial charge in [0, 0.05) is 48.9 Å². The van der Waals surface area contributed by atoms with Crippen LogP contribution in [0.5, 0.6) is 5.75 Å². The number of carbonyl (C=O) groups excluding carboxylic acids is 1. The predicted octanol–water partition coefficient (Wildman–Crippen LogP) is 3.20. The van der Waals surface area contributed by atoms with E-state index in [4.69, 9.17) is 9.72 Å². The summed E-state index contributed by atoms with van der Waals surface area (Å²) >= 11 is 1.42. The van der Waals surface area contributed by atoms with Gasteiger partial charge in [0.25, 0.3) is 5.91 Å². The molecule has 2 N–H and O–H groups in total. The van der Waals surface area contributed by atoms with Gasteiger partial charge in [0.2, 0.25) is 0 Å². The van der Waals surface area contributed by atoms with E-state index in [1.54, 1.807) is 18.2 Å². The Balaban J connectivity index is 1.34. The van der Waals surface area contributed by atoms with E-state index in [9.17, 15) is 4.79 Å². The number of amides is 1. The fraction of sp³-hybridized carbons (Fsp3) is 0.261. The molecule has 2 aromatic heterocycles. The van der Waals surface area contributed by atoms with Crippen LogP contribution in [0.2, 0.25) is 0 Å². The van der Waals surface area contributed by atoms with Crippen molar-refractivity contribution in [3.8, 4) is 5.75 Å². The molecule has 0 unspecified atom stereocenters. The lowest BCUT2D eigenvalue weighted by molar-refractivity contribution is 0.0996. The summed E-state index contributed by atoms with van der Waals surface area (Å²) < 4.78 is 5.43. The van der Waals surface area contributed by atoms with E-state index in [1.807, 2.05) is 35.8 Å². The Morgan fingerprint density at radius 3 is 2.94 bits per heavy atom. The Bertz CT molecular complexity index is 1170. The molecule has 9 heteroatoms. The Labute approximate surface area is 190 Å². The monoisotopic (exact) mass is 448 g/mol. The number of methoxy groups -OCH3 is 1. The Morgan fingerprint density at radius 2 is 2.12 bits per heavy atom. The van der Waals surface area contributed by atoms with Gasteiger partial charge in [0.05, 0.1) is 42.6 Å². The Hall–Kier alpha value is -3.43. The lowest BCUT2D eigenvalue weighted by Crippen LogP contribution is -2.43. The van der Waals surface area contributed by atoms with Crippen molar-refractivity contribution in [2.24, 2.45) is 0 Å². The fourth-order valence-corrected chi connectivity index (χ4v) is 4.91. The molecule has 0 spiro atoms. The number of benzene rings is 1. The second-order valence-electron chi connectivity index (χ2n) is 7.63. The van der Waals surface area contributed by atoms with Crippen molar-refractivity contribution in [2.45, 2.75) is 6.54 Å². The van der Waals surface area contributed by atoms with E-state index in [2.05, 4.69) is 27.1 Å². The van der Waals surface area contributed by atoms with Crippen molar-refractivity contribution >= 4 is 39.4 Å². The van der Waals surface area contributed by atoms with Crippen LogP contribution in [0.3, 0.4) is 0 Å². The second kappa shape index (κ2) is 8.60. The third kappa shape index (κ3) is 3.69. The summed E-state index contributed by atoms with van der Waals surface area (Å²) in [6.07, 6.45) is 3.61. The van der Waals surface area contributed by atoms with E-state index in [0.717, 1.165) is 48.9 Å². The molecule has 1 fully saturated rings. The van der Waals surface area contributed by atoms with Gasteiger partial charge in [-0.3, -0.25) is 14.7 Å². The van der Waals surface area contributed by atoms with E-state index in [-0.39, 0.29) is 5.91 Å². The topological polar surface area (TPSA) is 82.6 Å². The molecule has 1 amide bonds. The Morgan fingerprint density at radius 1 is 1.28 bits per heavy atom. The largest absolute Gasteiger partial charge is 0.496 e. The molecule has 32 heavy (non-hydrogen) atoms. The quantitative estimate of drug-likeness (QED) is 0.599. The molecule has 2 aliphatic heterocycles. The van der Waals surface area contributed by atoms with Gasteiger partial charge in [-0.15, -0.1) is 11.3 Å². The molecule has 3 aromatic rings. The number of anilines is 3. The molecule has 164 valence electrons. The maximum absolute atomic E-state index is 12.9. The van der Waals surface area contributed by atoms with Crippen LogP contribution in [0.15, 0.2) is 48.6 Å². The number of rotatable bonds is 6. The molecule has 0 saturated carbocycles. The van der Waals surface area contributed by atoms with Crippen molar-refractivity contribution in [1.82, 2.24) is 15.3 Å². The summed E-state index contributed by atoms with van der Waals surface area (Å²) in [5, 5.41) is 9.30. The fourth-order valence-electron chi connectivity index (χ4n) is 4.07. The standard InChI is InChI=1S/C23H24N6O2S/c1-15(26-18-12-25-7-6-20(18)28-10-8-24-9-11-28)19-14-32-23(27-19)29-13-17-16(22(29)30)4-3-5-21(17)31-2/h3-7,12,14,24,26H,1,8-11,13H2,2H3. The van der Waals surface area contributed by atoms with E-state index >= 15 is 0 Å². The summed E-state index contributed by atoms with van der Waals surface area (Å²) in [6.45, 7) is 8.41. The van der Waals surface area contributed by atoms with Crippen LogP contribution in [-0.2, 0) is 6.54 Å². The molecular weight excluding hydrogens is 424 g/mol. The smallest absolute Gasteiger partial charge is 0.260 e. The molecule has 0 aliphatic carbocycles. The molecule has 5 rings (SSSR count). The third-order valence-electron chi connectivity index (χ3n) is 5.72. The molecule has 1 aromatic carbocycles. The first-order valence-electron chi connectivity index (χ1n) is 10.4. The van der Waals surface area contributed by atoms with Gasteiger partial charge in [-0.2, -0.15) is 0 Å². The van der Waals surface area contributed by atoms with Crippen LogP contribution in [0.25, 0.3) is 5.70 Å². The number of hydrogen-bond acceptors (Lipinski definition) is 8. The predicted molar refractivity (Wildman–Crippen MR) is 128 cm³/mol. The van der Waals surface area contributed by atoms with Crippen LogP contribution in [0, 0.1) is 0 Å². The van der Waals surface area contributed by atoms with Gasteiger partial charge in [-0.05, 0) is 18.2 Å². The van der Waals surface area contributed by atoms with Gasteiger partial charge in [-0.1, -0.05) is 12.6 Å². The van der Waals surface area contributed by atoms with Gasteiger partial charge < -0.3 is 20.3 Å². The van der Waals surface area contributed by atoms with Crippen molar-refractivity contribution in [3.05, 3.63) is 65.4 Å². The zero-order valence-electron chi connectivity index (χ0n) is 17.8. The van der Waals surface area contributed by atoms with Crippen molar-refractivity contribution < 1.29 is 9.53 Å². The minimum Gasteiger partial charge on any atom is -0.496 e. The minimum atomic E-state index is -0.0633. The number of nitrogens with one attached hydrogen (secondary N) is 2. The van der Waals surface area contributed by atoms with Gasteiger partial charge in [0.1, 0.15) is 5.75 Å². The number of aromatic nitrogens is 2. The molecule has 8 nitrogen and oxygen atoms in total. The normalized spacial score (nSPS) is 15.6. The number of pyridine rings is 1. The maximum Gasteiger partial charge on any atom is 0.260 e. The summed E-state index contributed by atoms with van der Waals surface area (Å²) in [5.41, 5.74) is 4.91. The SMILES string of the molecule is C=C(Nc1cnccc1N1CCNCC1)c1csc(N2Cc3c(OC)cccc3C2=O)n1. The minimum absolute atomic E-state index is 0.0633. The molecule has 1 saturated heterocycles. The first-order chi connectivity index (χ1) is 15.7. The number of nitrogens with zero attached hydrogens (tertiary/aromatic N) is 4. The first-order valence-corrected chi connectivity index (χ1v) is 11.3. The highest BCUT2D eigenvalue weighted by molar-refractivity contribution is 7.14. The van der Waals surface area contributed by atoms with Crippen LogP contribution in [0.1, 0.15) is 21.6 Å². The number of hydrogen-bond donors (Lipinski definition) is 2. The molecular formula is C23H24N6O2S. The van der Waals surface area contributed by atoms with E-state index in [0.29, 0.717) is 28.6 Å². The van der Waals surface area contributed by atoms with Crippen molar-refractivity contribution in [3.63, 3.8) is 0 Å². The van der Waals surface area contributed by atoms with Gasteiger partial charge in [0.15, 0.2) is 5.13 Å². The number of fused-ring (bicyclic) bond motifs is 1. The first kappa shape index (κ1) is 20.5. The average Bonchev–Trinajstić information content (AvgIpc) is 3.45. The number of piperazine rings is 1. The lowest BCUT2D eigenvalue weighted by atomic mass is 10.1. The van der Waals surface area contributed by atoms with Crippen LogP contribution in [-0.4, -0.2) is 49.2 Å². The van der Waals surface area contributed by atoms with Crippen molar-refractivity contribution in [1.29, 1.82) is 0 Å². The average molecular weight is 449 g/mol. The van der Waals surface area contributed by atoms with E-state index < -0.39 is 0 Å². The highest BCUT2D eigenvalue weighted by Gasteiger charge is 2.32. The van der Waals surface area contributed by atoms with Gasteiger partial charge in [-0.25, -0.2) is 4.98 Å². The zero-order chi connectivity index (χ0) is 22.1. The van der Waals surface area contributed by atoms with Crippen LogP contribution >= 0.6 is 11.3 Å². The highest BCUT2D eigenvalue weighted by Crippen LogP contribution is 2.36. The van der Waals surface area contributed by atoms with Crippen LogP contribution in [0.4, 0.5) is 16.5 Å². The maximum atomic E-state index is 12.9. The highest BCUT2D eigenvalue weighted by atomic mass is 32.1. The van der Waals surface area contributed by atoms with E-state index in [1.165, 1.54) is 11.3 Å². The summed E-state index contributed by atoms with van der Waals surface area (Å²) in [7, 11) is 1.62. The van der Waals surface area contributed by atoms with Gasteiger partial charge >= 0.3 is 0 Å².